The van der Waals surface area contributed by atoms with E-state index >= 15 is 0 Å². The van der Waals surface area contributed by atoms with Gasteiger partial charge < -0.3 is 5.32 Å². The zero-order valence-electron chi connectivity index (χ0n) is 12.3. The Balaban J connectivity index is 1.75. The van der Waals surface area contributed by atoms with Gasteiger partial charge in [-0.05, 0) is 54.8 Å². The summed E-state index contributed by atoms with van der Waals surface area (Å²) in [5.74, 6) is 0. The summed E-state index contributed by atoms with van der Waals surface area (Å²) in [6.45, 7) is 0. The smallest absolute Gasteiger partial charge is 0.0349 e. The molecule has 0 fully saturated rings. The first-order chi connectivity index (χ1) is 10.4. The average molecular weight is 296 g/mol. The molecule has 3 heteroatoms. The molecule has 108 valence electrons. The molecule has 0 spiro atoms. The van der Waals surface area contributed by atoms with Gasteiger partial charge in [0.1, 0.15) is 0 Å². The summed E-state index contributed by atoms with van der Waals surface area (Å²) in [7, 11) is 2.05. The van der Waals surface area contributed by atoms with Gasteiger partial charge in [-0.1, -0.05) is 24.3 Å². The monoisotopic (exact) mass is 296 g/mol. The molecule has 1 aromatic carbocycles. The molecular weight excluding hydrogens is 276 g/mol. The first kappa shape index (κ1) is 14.2. The molecule has 0 amide bonds. The molecule has 0 aliphatic heterocycles. The molecule has 0 aliphatic carbocycles. The Kier molecular flexibility index (Phi) is 4.63. The summed E-state index contributed by atoms with van der Waals surface area (Å²) in [4.78, 5) is 5.76. The predicted molar refractivity (Wildman–Crippen MR) is 90.8 cm³/mol. The minimum Gasteiger partial charge on any atom is -0.313 e. The van der Waals surface area contributed by atoms with Crippen molar-refractivity contribution in [2.75, 3.05) is 7.05 Å². The van der Waals surface area contributed by atoms with E-state index in [2.05, 4.69) is 52.1 Å². The lowest BCUT2D eigenvalue weighted by molar-refractivity contribution is 0.531. The van der Waals surface area contributed by atoms with Gasteiger partial charge in [-0.25, -0.2) is 0 Å². The zero-order valence-corrected chi connectivity index (χ0v) is 13.1. The number of pyridine rings is 1. The van der Waals surface area contributed by atoms with E-state index in [9.17, 15) is 0 Å². The van der Waals surface area contributed by atoms with Crippen LogP contribution in [0.5, 0.6) is 0 Å². The third-order valence-electron chi connectivity index (χ3n) is 3.94. The Labute approximate surface area is 129 Å². The third-order valence-corrected chi connectivity index (χ3v) is 4.87. The van der Waals surface area contributed by atoms with Crippen LogP contribution < -0.4 is 5.32 Å². The highest BCUT2D eigenvalue weighted by Gasteiger charge is 2.12. The molecule has 2 heterocycles. The van der Waals surface area contributed by atoms with Crippen molar-refractivity contribution in [3.8, 4) is 0 Å². The normalized spacial score (nSPS) is 12.6. The van der Waals surface area contributed by atoms with E-state index < -0.39 is 0 Å². The number of aromatic nitrogens is 1. The first-order valence-electron chi connectivity index (χ1n) is 7.41. The highest BCUT2D eigenvalue weighted by Crippen LogP contribution is 2.27. The van der Waals surface area contributed by atoms with E-state index in [1.54, 1.807) is 0 Å². The fourth-order valence-electron chi connectivity index (χ4n) is 2.83. The highest BCUT2D eigenvalue weighted by atomic mass is 32.1. The van der Waals surface area contributed by atoms with Crippen molar-refractivity contribution in [3.63, 3.8) is 0 Å². The van der Waals surface area contributed by atoms with Crippen LogP contribution in [0.15, 0.2) is 54.2 Å². The van der Waals surface area contributed by atoms with E-state index in [0.29, 0.717) is 6.04 Å². The number of thiophene rings is 1. The van der Waals surface area contributed by atoms with E-state index in [0.717, 1.165) is 6.42 Å². The first-order valence-corrected chi connectivity index (χ1v) is 8.29. The largest absolute Gasteiger partial charge is 0.313 e. The molecule has 1 atom stereocenters. The minimum absolute atomic E-state index is 0.387. The molecule has 1 unspecified atom stereocenters. The maximum absolute atomic E-state index is 4.29. The Hall–Kier alpha value is -1.71. The standard InChI is InChI=1S/C18H20N2S/c1-19-18(9-3-6-15-7-4-12-21-15)16-8-2-5-14-10-11-20-13-17(14)16/h2,4-5,7-8,10-13,18-19H,3,6,9H2,1H3. The molecule has 3 rings (SSSR count). The number of nitrogens with zero attached hydrogens (tertiary/aromatic N) is 1. The van der Waals surface area contributed by atoms with E-state index in [-0.39, 0.29) is 0 Å². The molecule has 0 saturated carbocycles. The number of nitrogens with one attached hydrogen (secondary N) is 1. The summed E-state index contributed by atoms with van der Waals surface area (Å²) in [6, 6.07) is 13.3. The Morgan fingerprint density at radius 2 is 2.14 bits per heavy atom. The molecule has 0 aliphatic rings. The van der Waals surface area contributed by atoms with Gasteiger partial charge in [0.15, 0.2) is 0 Å². The summed E-state index contributed by atoms with van der Waals surface area (Å²) in [5.41, 5.74) is 1.36. The van der Waals surface area contributed by atoms with Crippen molar-refractivity contribution in [2.24, 2.45) is 0 Å². The van der Waals surface area contributed by atoms with Crippen LogP contribution >= 0.6 is 11.3 Å². The van der Waals surface area contributed by atoms with Crippen molar-refractivity contribution >= 4 is 22.1 Å². The van der Waals surface area contributed by atoms with Crippen molar-refractivity contribution in [3.05, 3.63) is 64.6 Å². The predicted octanol–water partition coefficient (Wildman–Crippen LogP) is 4.58. The van der Waals surface area contributed by atoms with E-state index in [1.165, 1.54) is 34.1 Å². The van der Waals surface area contributed by atoms with Crippen LogP contribution in [0.3, 0.4) is 0 Å². The second-order valence-electron chi connectivity index (χ2n) is 5.26. The van der Waals surface area contributed by atoms with Gasteiger partial charge in [-0.3, -0.25) is 4.98 Å². The fourth-order valence-corrected chi connectivity index (χ4v) is 3.58. The fraction of sp³-hybridized carbons (Fsp3) is 0.278. The SMILES string of the molecule is CNC(CCCc1cccs1)c1cccc2ccncc12. The molecule has 1 N–H and O–H groups in total. The zero-order chi connectivity index (χ0) is 14.5. The number of fused-ring (bicyclic) bond motifs is 1. The number of hydrogen-bond acceptors (Lipinski definition) is 3. The number of rotatable bonds is 6. The van der Waals surface area contributed by atoms with Crippen LogP contribution in [-0.2, 0) is 6.42 Å². The second kappa shape index (κ2) is 6.83. The topological polar surface area (TPSA) is 24.9 Å². The molecule has 0 saturated heterocycles. The summed E-state index contributed by atoms with van der Waals surface area (Å²) in [5, 5.41) is 8.14. The quantitative estimate of drug-likeness (QED) is 0.720. The van der Waals surface area contributed by atoms with Gasteiger partial charge >= 0.3 is 0 Å². The molecule has 0 radical (unpaired) electrons. The lowest BCUT2D eigenvalue weighted by Gasteiger charge is -2.18. The van der Waals surface area contributed by atoms with Crippen LogP contribution in [0.1, 0.15) is 29.3 Å². The van der Waals surface area contributed by atoms with Gasteiger partial charge in [0.25, 0.3) is 0 Å². The summed E-state index contributed by atoms with van der Waals surface area (Å²) in [6.07, 6.45) is 7.34. The highest BCUT2D eigenvalue weighted by molar-refractivity contribution is 7.09. The third kappa shape index (κ3) is 3.31. The van der Waals surface area contributed by atoms with Crippen molar-refractivity contribution in [1.82, 2.24) is 10.3 Å². The van der Waals surface area contributed by atoms with Gasteiger partial charge in [-0.2, -0.15) is 0 Å². The number of aryl methyl sites for hydroxylation is 1. The van der Waals surface area contributed by atoms with Gasteiger partial charge in [0.2, 0.25) is 0 Å². The van der Waals surface area contributed by atoms with Crippen LogP contribution in [-0.4, -0.2) is 12.0 Å². The summed E-state index contributed by atoms with van der Waals surface area (Å²) >= 11 is 1.85. The Bertz CT molecular complexity index is 686. The Morgan fingerprint density at radius 3 is 2.95 bits per heavy atom. The van der Waals surface area contributed by atoms with Crippen LogP contribution in [0.2, 0.25) is 0 Å². The summed E-state index contributed by atoms with van der Waals surface area (Å²) < 4.78 is 0. The lowest BCUT2D eigenvalue weighted by atomic mass is 9.96. The Morgan fingerprint density at radius 1 is 1.19 bits per heavy atom. The van der Waals surface area contributed by atoms with Crippen molar-refractivity contribution in [1.29, 1.82) is 0 Å². The minimum atomic E-state index is 0.387. The van der Waals surface area contributed by atoms with Crippen LogP contribution in [0, 0.1) is 0 Å². The molecule has 21 heavy (non-hydrogen) atoms. The van der Waals surface area contributed by atoms with E-state index in [4.69, 9.17) is 0 Å². The number of hydrogen-bond donors (Lipinski definition) is 1. The van der Waals surface area contributed by atoms with Gasteiger partial charge in [-0.15, -0.1) is 11.3 Å². The maximum Gasteiger partial charge on any atom is 0.0349 e. The van der Waals surface area contributed by atoms with Crippen molar-refractivity contribution < 1.29 is 0 Å². The molecule has 2 nitrogen and oxygen atoms in total. The van der Waals surface area contributed by atoms with Crippen molar-refractivity contribution in [2.45, 2.75) is 25.3 Å². The van der Waals surface area contributed by atoms with Crippen LogP contribution in [0.25, 0.3) is 10.8 Å². The molecule has 0 bridgehead atoms. The van der Waals surface area contributed by atoms with E-state index in [1.807, 2.05) is 30.8 Å². The average Bonchev–Trinajstić information content (AvgIpc) is 3.05. The number of benzene rings is 1. The van der Waals surface area contributed by atoms with Gasteiger partial charge in [0.05, 0.1) is 0 Å². The molecular formula is C18H20N2S. The molecule has 3 aromatic rings. The second-order valence-corrected chi connectivity index (χ2v) is 6.29. The van der Waals surface area contributed by atoms with Gasteiger partial charge in [0, 0.05) is 28.7 Å². The maximum atomic E-state index is 4.29. The van der Waals surface area contributed by atoms with Crippen LogP contribution in [0.4, 0.5) is 0 Å². The molecule has 2 aromatic heterocycles. The lowest BCUT2D eigenvalue weighted by Crippen LogP contribution is -2.16.